The number of hydrogen-bond acceptors (Lipinski definition) is 5. The molecule has 2 heterocycles. The van der Waals surface area contributed by atoms with Crippen LogP contribution in [0.1, 0.15) is 47.8 Å². The van der Waals surface area contributed by atoms with Gasteiger partial charge < -0.3 is 5.32 Å². The van der Waals surface area contributed by atoms with Crippen LogP contribution in [0.3, 0.4) is 0 Å². The zero-order valence-electron chi connectivity index (χ0n) is 15.5. The number of nitrogens with zero attached hydrogens (tertiary/aromatic N) is 5. The third-order valence-electron chi connectivity index (χ3n) is 4.40. The van der Waals surface area contributed by atoms with Crippen LogP contribution in [0.5, 0.6) is 0 Å². The van der Waals surface area contributed by atoms with Gasteiger partial charge in [0.25, 0.3) is 0 Å². The van der Waals surface area contributed by atoms with Crippen LogP contribution < -0.4 is 5.32 Å². The molecule has 0 aliphatic rings. The largest absolute Gasteiger partial charge is 0.363 e. The summed E-state index contributed by atoms with van der Waals surface area (Å²) >= 11 is 0. The Bertz CT molecular complexity index is 950. The minimum absolute atomic E-state index is 0.290. The molecule has 0 aliphatic carbocycles. The van der Waals surface area contributed by atoms with E-state index in [1.54, 1.807) is 0 Å². The van der Waals surface area contributed by atoms with Crippen molar-refractivity contribution in [1.29, 1.82) is 5.26 Å². The van der Waals surface area contributed by atoms with E-state index in [0.29, 0.717) is 17.9 Å². The highest BCUT2D eigenvalue weighted by molar-refractivity contribution is 5.56. The van der Waals surface area contributed by atoms with E-state index in [2.05, 4.69) is 35.4 Å². The van der Waals surface area contributed by atoms with E-state index in [1.807, 2.05) is 55.1 Å². The van der Waals surface area contributed by atoms with Crippen molar-refractivity contribution >= 4 is 5.82 Å². The molecule has 0 amide bonds. The summed E-state index contributed by atoms with van der Waals surface area (Å²) in [5, 5.41) is 25.7. The van der Waals surface area contributed by atoms with E-state index in [9.17, 15) is 5.26 Å². The van der Waals surface area contributed by atoms with Crippen molar-refractivity contribution in [3.8, 4) is 11.8 Å². The van der Waals surface area contributed by atoms with Gasteiger partial charge in [0, 0.05) is 18.3 Å². The van der Waals surface area contributed by atoms with Crippen LogP contribution in [0.25, 0.3) is 5.69 Å². The summed E-state index contributed by atoms with van der Waals surface area (Å²) in [7, 11) is 0. The van der Waals surface area contributed by atoms with Gasteiger partial charge in [-0.3, -0.25) is 0 Å². The molecule has 0 saturated heterocycles. The van der Waals surface area contributed by atoms with Gasteiger partial charge in [0.2, 0.25) is 0 Å². The lowest BCUT2D eigenvalue weighted by molar-refractivity contribution is 0.763. The van der Waals surface area contributed by atoms with Gasteiger partial charge in [0.15, 0.2) is 5.82 Å². The summed E-state index contributed by atoms with van der Waals surface area (Å²) in [4.78, 5) is 0. The van der Waals surface area contributed by atoms with E-state index in [4.69, 9.17) is 5.10 Å². The number of nitriles is 1. The van der Waals surface area contributed by atoms with Crippen LogP contribution in [0, 0.1) is 25.2 Å². The van der Waals surface area contributed by atoms with Crippen LogP contribution in [-0.2, 0) is 6.54 Å². The Hall–Kier alpha value is -3.20. The van der Waals surface area contributed by atoms with Crippen LogP contribution in [0.4, 0.5) is 5.82 Å². The first-order chi connectivity index (χ1) is 12.5. The molecule has 0 spiro atoms. The second-order valence-electron chi connectivity index (χ2n) is 6.57. The number of benzene rings is 1. The van der Waals surface area contributed by atoms with E-state index in [-0.39, 0.29) is 5.92 Å². The maximum Gasteiger partial charge on any atom is 0.167 e. The Labute approximate surface area is 153 Å². The predicted octanol–water partition coefficient (Wildman–Crippen LogP) is 3.89. The second kappa shape index (κ2) is 7.36. The van der Waals surface area contributed by atoms with E-state index in [1.165, 1.54) is 0 Å². The molecule has 0 bridgehead atoms. The first-order valence-electron chi connectivity index (χ1n) is 8.63. The second-order valence-corrected chi connectivity index (χ2v) is 6.57. The Balaban J connectivity index is 1.90. The molecule has 0 unspecified atom stereocenters. The third kappa shape index (κ3) is 3.42. The molecule has 0 saturated carbocycles. The van der Waals surface area contributed by atoms with Gasteiger partial charge in [-0.25, -0.2) is 4.68 Å². The van der Waals surface area contributed by atoms with Crippen LogP contribution in [-0.4, -0.2) is 20.0 Å². The van der Waals surface area contributed by atoms with Gasteiger partial charge in [-0.15, -0.1) is 5.10 Å². The highest BCUT2D eigenvalue weighted by atomic mass is 15.3. The highest BCUT2D eigenvalue weighted by Gasteiger charge is 2.15. The summed E-state index contributed by atoms with van der Waals surface area (Å²) < 4.78 is 1.89. The fourth-order valence-corrected chi connectivity index (χ4v) is 2.81. The molecule has 132 valence electrons. The lowest BCUT2D eigenvalue weighted by atomic mass is 10.1. The molecule has 0 aliphatic heterocycles. The normalized spacial score (nSPS) is 10.8. The fraction of sp³-hybridized carbons (Fsp3) is 0.300. The number of nitrogens with one attached hydrogen (secondary N) is 1. The number of para-hydroxylation sites is 1. The molecule has 3 rings (SSSR count). The maximum absolute atomic E-state index is 9.44. The summed E-state index contributed by atoms with van der Waals surface area (Å²) in [6.07, 6.45) is 2.03. The average Bonchev–Trinajstić information content (AvgIpc) is 3.08. The quantitative estimate of drug-likeness (QED) is 0.758. The fourth-order valence-electron chi connectivity index (χ4n) is 2.81. The standard InChI is InChI=1S/C20H22N6/c1-13(2)19-16(12-26(25-19)17-8-6-5-7-9-17)11-22-20-18(10-21)14(3)15(4)23-24-20/h5-9,12-13H,11H2,1-4H3,(H,22,24). The zero-order chi connectivity index (χ0) is 18.7. The van der Waals surface area contributed by atoms with Crippen LogP contribution in [0.15, 0.2) is 36.5 Å². The van der Waals surface area contributed by atoms with Crippen molar-refractivity contribution < 1.29 is 0 Å². The summed E-state index contributed by atoms with van der Waals surface area (Å²) in [6.45, 7) is 8.52. The lowest BCUT2D eigenvalue weighted by Crippen LogP contribution is -2.08. The van der Waals surface area contributed by atoms with Gasteiger partial charge >= 0.3 is 0 Å². The number of rotatable bonds is 5. The molecule has 0 atom stereocenters. The SMILES string of the molecule is Cc1nnc(NCc2cn(-c3ccccc3)nc2C(C)C)c(C#N)c1C. The van der Waals surface area contributed by atoms with Crippen molar-refractivity contribution in [2.75, 3.05) is 5.32 Å². The Morgan fingerprint density at radius 2 is 1.88 bits per heavy atom. The molecule has 0 fully saturated rings. The van der Waals surface area contributed by atoms with Crippen molar-refractivity contribution in [3.05, 3.63) is 64.6 Å². The Kier molecular flexibility index (Phi) is 4.99. The van der Waals surface area contributed by atoms with Crippen molar-refractivity contribution in [1.82, 2.24) is 20.0 Å². The molecule has 1 N–H and O–H groups in total. The molecular weight excluding hydrogens is 324 g/mol. The third-order valence-corrected chi connectivity index (χ3v) is 4.40. The van der Waals surface area contributed by atoms with Crippen LogP contribution >= 0.6 is 0 Å². The summed E-state index contributed by atoms with van der Waals surface area (Å²) in [5.41, 5.74) is 5.29. The minimum Gasteiger partial charge on any atom is -0.363 e. The maximum atomic E-state index is 9.44. The monoisotopic (exact) mass is 346 g/mol. The van der Waals surface area contributed by atoms with Gasteiger partial charge in [0.1, 0.15) is 11.6 Å². The van der Waals surface area contributed by atoms with Crippen LogP contribution in [0.2, 0.25) is 0 Å². The molecule has 6 heteroatoms. The molecule has 3 aromatic rings. The van der Waals surface area contributed by atoms with Crippen molar-refractivity contribution in [2.45, 2.75) is 40.2 Å². The number of hydrogen-bond donors (Lipinski definition) is 1. The molecule has 6 nitrogen and oxygen atoms in total. The minimum atomic E-state index is 0.290. The van der Waals surface area contributed by atoms with Gasteiger partial charge in [-0.2, -0.15) is 15.5 Å². The van der Waals surface area contributed by atoms with Gasteiger partial charge in [-0.05, 0) is 37.5 Å². The first kappa shape index (κ1) is 17.6. The molecule has 26 heavy (non-hydrogen) atoms. The van der Waals surface area contributed by atoms with Crippen molar-refractivity contribution in [2.24, 2.45) is 0 Å². The predicted molar refractivity (Wildman–Crippen MR) is 101 cm³/mol. The van der Waals surface area contributed by atoms with Gasteiger partial charge in [-0.1, -0.05) is 32.0 Å². The highest BCUT2D eigenvalue weighted by Crippen LogP contribution is 2.22. The zero-order valence-corrected chi connectivity index (χ0v) is 15.5. The lowest BCUT2D eigenvalue weighted by Gasteiger charge is -2.10. The van der Waals surface area contributed by atoms with Crippen molar-refractivity contribution in [3.63, 3.8) is 0 Å². The Morgan fingerprint density at radius 1 is 1.15 bits per heavy atom. The average molecular weight is 346 g/mol. The number of aryl methyl sites for hydroxylation is 1. The first-order valence-corrected chi connectivity index (χ1v) is 8.63. The topological polar surface area (TPSA) is 79.4 Å². The smallest absolute Gasteiger partial charge is 0.167 e. The summed E-state index contributed by atoms with van der Waals surface area (Å²) in [5.74, 6) is 0.802. The van der Waals surface area contributed by atoms with E-state index in [0.717, 1.165) is 28.2 Å². The van der Waals surface area contributed by atoms with E-state index < -0.39 is 0 Å². The van der Waals surface area contributed by atoms with E-state index >= 15 is 0 Å². The summed E-state index contributed by atoms with van der Waals surface area (Å²) in [6, 6.07) is 12.2. The molecule has 0 radical (unpaired) electrons. The van der Waals surface area contributed by atoms with Gasteiger partial charge in [0.05, 0.1) is 17.1 Å². The molecule has 2 aromatic heterocycles. The number of aromatic nitrogens is 4. The Morgan fingerprint density at radius 3 is 2.54 bits per heavy atom. The molecule has 1 aromatic carbocycles. The molecular formula is C20H22N6. The number of anilines is 1.